The summed E-state index contributed by atoms with van der Waals surface area (Å²) >= 11 is 0. The lowest BCUT2D eigenvalue weighted by molar-refractivity contribution is 0.126. The van der Waals surface area contributed by atoms with E-state index >= 15 is 0 Å². The second-order valence-corrected chi connectivity index (χ2v) is 8.58. The van der Waals surface area contributed by atoms with Crippen molar-refractivity contribution in [3.63, 3.8) is 0 Å². The van der Waals surface area contributed by atoms with E-state index < -0.39 is 9.84 Å². The van der Waals surface area contributed by atoms with E-state index in [0.29, 0.717) is 18.5 Å². The summed E-state index contributed by atoms with van der Waals surface area (Å²) in [5, 5.41) is 0. The Morgan fingerprint density at radius 3 is 2.24 bits per heavy atom. The first-order valence-electron chi connectivity index (χ1n) is 6.19. The van der Waals surface area contributed by atoms with E-state index in [0.717, 1.165) is 19.3 Å². The fraction of sp³-hybridized carbons (Fsp3) is 1.00. The minimum Gasteiger partial charge on any atom is -0.329 e. The first-order valence-corrected chi connectivity index (χ1v) is 8.25. The van der Waals surface area contributed by atoms with Gasteiger partial charge in [0.15, 0.2) is 0 Å². The van der Waals surface area contributed by atoms with Gasteiger partial charge in [0, 0.05) is 24.9 Å². The first kappa shape index (κ1) is 14.9. The molecule has 0 heterocycles. The van der Waals surface area contributed by atoms with Gasteiger partial charge in [-0.3, -0.25) is 4.90 Å². The van der Waals surface area contributed by atoms with Gasteiger partial charge in [-0.05, 0) is 31.7 Å². The molecule has 0 bridgehead atoms. The molecule has 1 aliphatic rings. The summed E-state index contributed by atoms with van der Waals surface area (Å²) in [6.07, 6.45) is 4.56. The standard InChI is InChI=1S/C12H26N2O2S/c1-11(2)5-6-12(9-11,10-13)14(3)7-8-17(4,15)16/h5-10,13H2,1-4H3. The molecule has 0 spiro atoms. The lowest BCUT2D eigenvalue weighted by Crippen LogP contribution is -2.52. The van der Waals surface area contributed by atoms with Crippen molar-refractivity contribution in [3.8, 4) is 0 Å². The van der Waals surface area contributed by atoms with E-state index in [1.807, 2.05) is 7.05 Å². The van der Waals surface area contributed by atoms with Gasteiger partial charge in [-0.2, -0.15) is 0 Å². The van der Waals surface area contributed by atoms with Crippen molar-refractivity contribution in [1.29, 1.82) is 0 Å². The number of sulfone groups is 1. The van der Waals surface area contributed by atoms with Crippen LogP contribution in [0.25, 0.3) is 0 Å². The Balaban J connectivity index is 2.68. The van der Waals surface area contributed by atoms with E-state index in [-0.39, 0.29) is 11.3 Å². The predicted octanol–water partition coefficient (Wildman–Crippen LogP) is 0.870. The van der Waals surface area contributed by atoms with Gasteiger partial charge in [0.1, 0.15) is 9.84 Å². The number of nitrogens with two attached hydrogens (primary N) is 1. The van der Waals surface area contributed by atoms with Crippen LogP contribution in [0.1, 0.15) is 33.1 Å². The van der Waals surface area contributed by atoms with Crippen LogP contribution in [-0.2, 0) is 9.84 Å². The van der Waals surface area contributed by atoms with Gasteiger partial charge in [-0.25, -0.2) is 8.42 Å². The average molecular weight is 262 g/mol. The molecule has 2 N–H and O–H groups in total. The van der Waals surface area contributed by atoms with E-state index in [1.165, 1.54) is 6.26 Å². The molecular weight excluding hydrogens is 236 g/mol. The molecule has 0 amide bonds. The van der Waals surface area contributed by atoms with Crippen LogP contribution in [0.3, 0.4) is 0 Å². The topological polar surface area (TPSA) is 63.4 Å². The molecule has 0 radical (unpaired) electrons. The molecule has 4 nitrogen and oxygen atoms in total. The lowest BCUT2D eigenvalue weighted by atomic mass is 9.87. The third-order valence-corrected chi connectivity index (χ3v) is 4.99. The van der Waals surface area contributed by atoms with Crippen molar-refractivity contribution in [2.45, 2.75) is 38.6 Å². The summed E-state index contributed by atoms with van der Waals surface area (Å²) in [6, 6.07) is 0. The number of rotatable bonds is 5. The normalized spacial score (nSPS) is 28.8. The van der Waals surface area contributed by atoms with E-state index in [2.05, 4.69) is 18.7 Å². The van der Waals surface area contributed by atoms with Crippen molar-refractivity contribution < 1.29 is 8.42 Å². The second kappa shape index (κ2) is 4.86. The molecule has 0 aliphatic heterocycles. The Hall–Kier alpha value is -0.130. The van der Waals surface area contributed by atoms with E-state index in [9.17, 15) is 8.42 Å². The van der Waals surface area contributed by atoms with Crippen LogP contribution in [0.5, 0.6) is 0 Å². The average Bonchev–Trinajstić information content (AvgIpc) is 2.51. The fourth-order valence-electron chi connectivity index (χ4n) is 2.83. The van der Waals surface area contributed by atoms with Crippen LogP contribution in [0.2, 0.25) is 0 Å². The zero-order chi connectivity index (χ0) is 13.3. The number of hydrogen-bond donors (Lipinski definition) is 1. The van der Waals surface area contributed by atoms with Gasteiger partial charge in [0.25, 0.3) is 0 Å². The molecule has 17 heavy (non-hydrogen) atoms. The maximum absolute atomic E-state index is 11.2. The van der Waals surface area contributed by atoms with Gasteiger partial charge in [0.05, 0.1) is 5.75 Å². The van der Waals surface area contributed by atoms with Gasteiger partial charge in [0.2, 0.25) is 0 Å². The Bertz CT molecular complexity index is 365. The summed E-state index contributed by atoms with van der Waals surface area (Å²) in [5.41, 5.74) is 6.25. The maximum Gasteiger partial charge on any atom is 0.148 e. The molecule has 0 aromatic heterocycles. The van der Waals surface area contributed by atoms with Crippen molar-refractivity contribution in [1.82, 2.24) is 4.90 Å². The number of likely N-dealkylation sites (N-methyl/N-ethyl adjacent to an activating group) is 1. The molecule has 1 aliphatic carbocycles. The van der Waals surface area contributed by atoms with Crippen molar-refractivity contribution in [2.75, 3.05) is 32.1 Å². The first-order chi connectivity index (χ1) is 7.60. The molecule has 0 aromatic carbocycles. The second-order valence-electron chi connectivity index (χ2n) is 6.32. The Labute approximate surface area is 105 Å². The quantitative estimate of drug-likeness (QED) is 0.798. The molecule has 1 atom stereocenters. The lowest BCUT2D eigenvalue weighted by Gasteiger charge is -2.39. The molecule has 1 unspecified atom stereocenters. The van der Waals surface area contributed by atoms with Gasteiger partial charge in [-0.15, -0.1) is 0 Å². The van der Waals surface area contributed by atoms with Gasteiger partial charge < -0.3 is 5.73 Å². The highest BCUT2D eigenvalue weighted by Crippen LogP contribution is 2.45. The van der Waals surface area contributed by atoms with E-state index in [1.54, 1.807) is 0 Å². The highest BCUT2D eigenvalue weighted by atomic mass is 32.2. The third kappa shape index (κ3) is 3.93. The molecule has 0 aromatic rings. The fourth-order valence-corrected chi connectivity index (χ4v) is 3.44. The van der Waals surface area contributed by atoms with Crippen LogP contribution in [0.15, 0.2) is 0 Å². The Kier molecular flexibility index (Phi) is 4.27. The zero-order valence-corrected chi connectivity index (χ0v) is 12.3. The molecule has 102 valence electrons. The summed E-state index contributed by atoms with van der Waals surface area (Å²) in [6.45, 7) is 5.70. The van der Waals surface area contributed by atoms with Crippen LogP contribution in [0, 0.1) is 5.41 Å². The predicted molar refractivity (Wildman–Crippen MR) is 71.8 cm³/mol. The Morgan fingerprint density at radius 1 is 1.29 bits per heavy atom. The summed E-state index contributed by atoms with van der Waals surface area (Å²) in [7, 11) is -0.896. The monoisotopic (exact) mass is 262 g/mol. The largest absolute Gasteiger partial charge is 0.329 e. The Morgan fingerprint density at radius 2 is 1.88 bits per heavy atom. The van der Waals surface area contributed by atoms with Crippen LogP contribution in [0.4, 0.5) is 0 Å². The third-order valence-electron chi connectivity index (χ3n) is 4.06. The molecule has 1 fully saturated rings. The highest BCUT2D eigenvalue weighted by Gasteiger charge is 2.44. The highest BCUT2D eigenvalue weighted by molar-refractivity contribution is 7.90. The van der Waals surface area contributed by atoms with Crippen molar-refractivity contribution in [3.05, 3.63) is 0 Å². The smallest absolute Gasteiger partial charge is 0.148 e. The van der Waals surface area contributed by atoms with Crippen LogP contribution >= 0.6 is 0 Å². The molecule has 1 saturated carbocycles. The molecular formula is C12H26N2O2S. The van der Waals surface area contributed by atoms with E-state index in [4.69, 9.17) is 5.73 Å². The molecule has 0 saturated heterocycles. The minimum atomic E-state index is -2.89. The summed E-state index contributed by atoms with van der Waals surface area (Å²) in [5.74, 6) is 0.214. The zero-order valence-electron chi connectivity index (χ0n) is 11.5. The molecule has 5 heteroatoms. The van der Waals surface area contributed by atoms with Gasteiger partial charge in [-0.1, -0.05) is 13.8 Å². The van der Waals surface area contributed by atoms with Crippen molar-refractivity contribution >= 4 is 9.84 Å². The minimum absolute atomic E-state index is 0.00576. The molecule has 1 rings (SSSR count). The summed E-state index contributed by atoms with van der Waals surface area (Å²) in [4.78, 5) is 2.16. The van der Waals surface area contributed by atoms with Gasteiger partial charge >= 0.3 is 0 Å². The van der Waals surface area contributed by atoms with Crippen LogP contribution in [-0.4, -0.2) is 51.0 Å². The number of hydrogen-bond acceptors (Lipinski definition) is 4. The SMILES string of the molecule is CN(CCS(C)(=O)=O)C1(CN)CCC(C)(C)C1. The van der Waals surface area contributed by atoms with Crippen LogP contribution < -0.4 is 5.73 Å². The van der Waals surface area contributed by atoms with Crippen molar-refractivity contribution in [2.24, 2.45) is 11.1 Å². The summed E-state index contributed by atoms with van der Waals surface area (Å²) < 4.78 is 22.4. The maximum atomic E-state index is 11.2. The number of nitrogens with zero attached hydrogens (tertiary/aromatic N) is 1.